The van der Waals surface area contributed by atoms with E-state index < -0.39 is 17.4 Å². The smallest absolute Gasteiger partial charge is 0.361 e. The standard InChI is InChI=1S/C4H5NO4/c1-2(6)3(5-9)4(7)8/h6H,1H3,(H,7,8). The number of carbonyl (C=O) groups is 1. The van der Waals surface area contributed by atoms with Crippen LogP contribution in [0.25, 0.3) is 0 Å². The molecule has 0 rings (SSSR count). The highest BCUT2D eigenvalue weighted by molar-refractivity contribution is 5.86. The number of carboxylic acid groups (broad SMARTS) is 1. The summed E-state index contributed by atoms with van der Waals surface area (Å²) in [5.41, 5.74) is -0.852. The average Bonchev–Trinajstić information content (AvgIpc) is 1.64. The van der Waals surface area contributed by atoms with Gasteiger partial charge in [0.25, 0.3) is 0 Å². The maximum atomic E-state index is 9.86. The maximum absolute atomic E-state index is 9.86. The normalized spacial score (nSPS) is 12.1. The Bertz CT molecular complexity index is 167. The largest absolute Gasteiger partial charge is 0.510 e. The number of hydrogen-bond donors (Lipinski definition) is 2. The highest BCUT2D eigenvalue weighted by Crippen LogP contribution is 2.00. The Kier molecular flexibility index (Phi) is 2.37. The zero-order valence-electron chi connectivity index (χ0n) is 4.66. The number of nitroso groups, excluding NO2 is 1. The molecule has 0 aliphatic carbocycles. The molecule has 2 N–H and O–H groups in total. The van der Waals surface area contributed by atoms with Gasteiger partial charge in [0.1, 0.15) is 5.76 Å². The minimum absolute atomic E-state index is 0.586. The van der Waals surface area contributed by atoms with Gasteiger partial charge in [-0.25, -0.2) is 4.79 Å². The number of nitrogens with zero attached hydrogens (tertiary/aromatic N) is 1. The lowest BCUT2D eigenvalue weighted by molar-refractivity contribution is -0.132. The second-order valence-electron chi connectivity index (χ2n) is 1.33. The molecule has 0 saturated heterocycles. The van der Waals surface area contributed by atoms with E-state index in [1.165, 1.54) is 0 Å². The van der Waals surface area contributed by atoms with Crippen LogP contribution in [0.15, 0.2) is 16.6 Å². The Hall–Kier alpha value is -1.39. The fourth-order valence-electron chi connectivity index (χ4n) is 0.260. The summed E-state index contributed by atoms with van der Waals surface area (Å²) >= 11 is 0. The molecule has 0 saturated carbocycles. The van der Waals surface area contributed by atoms with Gasteiger partial charge >= 0.3 is 5.97 Å². The monoisotopic (exact) mass is 131 g/mol. The van der Waals surface area contributed by atoms with Crippen LogP contribution in [0, 0.1) is 4.91 Å². The molecule has 5 heteroatoms. The van der Waals surface area contributed by atoms with Gasteiger partial charge in [-0.1, -0.05) is 0 Å². The molecule has 0 aromatic rings. The maximum Gasteiger partial charge on any atom is 0.361 e. The Labute approximate surface area is 50.6 Å². The summed E-state index contributed by atoms with van der Waals surface area (Å²) < 4.78 is 0. The van der Waals surface area contributed by atoms with Crippen LogP contribution in [0.3, 0.4) is 0 Å². The molecule has 9 heavy (non-hydrogen) atoms. The summed E-state index contributed by atoms with van der Waals surface area (Å²) in [5.74, 6) is -2.11. The van der Waals surface area contributed by atoms with Crippen LogP contribution in [-0.2, 0) is 4.79 Å². The van der Waals surface area contributed by atoms with Crippen molar-refractivity contribution in [1.29, 1.82) is 0 Å². The Balaban J connectivity index is 4.55. The molecule has 0 aliphatic heterocycles. The van der Waals surface area contributed by atoms with Gasteiger partial charge in [0.2, 0.25) is 5.70 Å². The number of hydrogen-bond acceptors (Lipinski definition) is 4. The number of carboxylic acids is 1. The van der Waals surface area contributed by atoms with Crippen LogP contribution >= 0.6 is 0 Å². The van der Waals surface area contributed by atoms with Gasteiger partial charge in [-0.2, -0.15) is 0 Å². The van der Waals surface area contributed by atoms with E-state index in [9.17, 15) is 9.70 Å². The van der Waals surface area contributed by atoms with Gasteiger partial charge in [-0.3, -0.25) is 0 Å². The predicted molar refractivity (Wildman–Crippen MR) is 28.8 cm³/mol. The first-order valence-corrected chi connectivity index (χ1v) is 2.06. The molecule has 0 spiro atoms. The molecule has 0 amide bonds. The lowest BCUT2D eigenvalue weighted by Crippen LogP contribution is -1.99. The summed E-state index contributed by atoms with van der Waals surface area (Å²) in [6.07, 6.45) is 0. The van der Waals surface area contributed by atoms with Crippen molar-refractivity contribution < 1.29 is 15.0 Å². The molecule has 0 aromatic heterocycles. The molecule has 0 unspecified atom stereocenters. The second-order valence-corrected chi connectivity index (χ2v) is 1.33. The van der Waals surface area contributed by atoms with Crippen molar-refractivity contribution in [2.24, 2.45) is 5.18 Å². The van der Waals surface area contributed by atoms with Crippen LogP contribution < -0.4 is 0 Å². The quantitative estimate of drug-likeness (QED) is 0.327. The van der Waals surface area contributed by atoms with Crippen molar-refractivity contribution in [2.45, 2.75) is 6.92 Å². The molecular formula is C4H5NO4. The van der Waals surface area contributed by atoms with E-state index in [0.29, 0.717) is 0 Å². The summed E-state index contributed by atoms with van der Waals surface area (Å²) in [5, 5.41) is 18.5. The van der Waals surface area contributed by atoms with Crippen LogP contribution in [0.2, 0.25) is 0 Å². The van der Waals surface area contributed by atoms with Gasteiger partial charge < -0.3 is 10.2 Å². The third-order valence-electron chi connectivity index (χ3n) is 0.637. The van der Waals surface area contributed by atoms with Gasteiger partial charge in [-0.05, 0) is 12.1 Å². The zero-order valence-corrected chi connectivity index (χ0v) is 4.66. The van der Waals surface area contributed by atoms with Crippen molar-refractivity contribution in [3.05, 3.63) is 16.4 Å². The molecule has 0 aromatic carbocycles. The molecule has 0 atom stereocenters. The van der Waals surface area contributed by atoms with Crippen molar-refractivity contribution >= 4 is 5.97 Å². The summed E-state index contributed by atoms with van der Waals surface area (Å²) in [7, 11) is 0. The SMILES string of the molecule is CC(O)=C(N=O)C(=O)O. The minimum Gasteiger partial charge on any atom is -0.510 e. The highest BCUT2D eigenvalue weighted by atomic mass is 16.4. The molecule has 0 radical (unpaired) electrons. The Morgan fingerprint density at radius 2 is 1.89 bits per heavy atom. The third kappa shape index (κ3) is 1.89. The van der Waals surface area contributed by atoms with Crippen molar-refractivity contribution in [2.75, 3.05) is 0 Å². The van der Waals surface area contributed by atoms with Gasteiger partial charge in [-0.15, -0.1) is 4.91 Å². The summed E-state index contributed by atoms with van der Waals surface area (Å²) in [6.45, 7) is 1.07. The van der Waals surface area contributed by atoms with Gasteiger partial charge in [0.15, 0.2) is 0 Å². The zero-order chi connectivity index (χ0) is 7.44. The van der Waals surface area contributed by atoms with E-state index in [1.807, 2.05) is 0 Å². The first-order valence-electron chi connectivity index (χ1n) is 2.06. The van der Waals surface area contributed by atoms with Crippen molar-refractivity contribution in [3.8, 4) is 0 Å². The van der Waals surface area contributed by atoms with E-state index in [-0.39, 0.29) is 0 Å². The van der Waals surface area contributed by atoms with E-state index >= 15 is 0 Å². The number of aliphatic hydroxyl groups excluding tert-OH is 1. The van der Waals surface area contributed by atoms with Gasteiger partial charge in [0, 0.05) is 0 Å². The Morgan fingerprint density at radius 1 is 1.44 bits per heavy atom. The van der Waals surface area contributed by atoms with E-state index in [2.05, 4.69) is 5.18 Å². The number of allylic oxidation sites excluding steroid dienone is 1. The summed E-state index contributed by atoms with van der Waals surface area (Å²) in [4.78, 5) is 19.4. The molecule has 50 valence electrons. The van der Waals surface area contributed by atoms with Gasteiger partial charge in [0.05, 0.1) is 0 Å². The highest BCUT2D eigenvalue weighted by Gasteiger charge is 2.10. The predicted octanol–water partition coefficient (Wildman–Crippen LogP) is 0.627. The lowest BCUT2D eigenvalue weighted by atomic mass is 10.4. The first kappa shape index (κ1) is 7.61. The van der Waals surface area contributed by atoms with Crippen LogP contribution in [0.1, 0.15) is 6.92 Å². The molecule has 0 fully saturated rings. The van der Waals surface area contributed by atoms with E-state index in [0.717, 1.165) is 6.92 Å². The second kappa shape index (κ2) is 2.81. The Morgan fingerprint density at radius 3 is 1.89 bits per heavy atom. The summed E-state index contributed by atoms with van der Waals surface area (Å²) in [6, 6.07) is 0. The minimum atomic E-state index is -1.52. The molecular weight excluding hydrogens is 126 g/mol. The molecule has 0 heterocycles. The first-order chi connectivity index (χ1) is 4.09. The van der Waals surface area contributed by atoms with Crippen LogP contribution in [0.5, 0.6) is 0 Å². The fourth-order valence-corrected chi connectivity index (χ4v) is 0.260. The lowest BCUT2D eigenvalue weighted by Gasteiger charge is -1.88. The topological polar surface area (TPSA) is 87.0 Å². The number of aliphatic carboxylic acids is 1. The third-order valence-corrected chi connectivity index (χ3v) is 0.637. The molecule has 0 aliphatic rings. The number of aliphatic hydroxyl groups is 1. The van der Waals surface area contributed by atoms with Crippen molar-refractivity contribution in [1.82, 2.24) is 0 Å². The molecule has 5 nitrogen and oxygen atoms in total. The van der Waals surface area contributed by atoms with E-state index in [4.69, 9.17) is 10.2 Å². The van der Waals surface area contributed by atoms with E-state index in [1.54, 1.807) is 0 Å². The van der Waals surface area contributed by atoms with Crippen LogP contribution in [0.4, 0.5) is 0 Å². The van der Waals surface area contributed by atoms with Crippen LogP contribution in [-0.4, -0.2) is 16.2 Å². The molecule has 0 bridgehead atoms. The number of rotatable bonds is 2. The van der Waals surface area contributed by atoms with Crippen molar-refractivity contribution in [3.63, 3.8) is 0 Å². The fraction of sp³-hybridized carbons (Fsp3) is 0.250. The average molecular weight is 131 g/mol.